The molecule has 0 spiro atoms. The molecule has 2 rings (SSSR count). The second-order valence-electron chi connectivity index (χ2n) is 3.83. The van der Waals surface area contributed by atoms with Crippen molar-refractivity contribution < 1.29 is 13.6 Å². The van der Waals surface area contributed by atoms with Crippen molar-refractivity contribution in [1.29, 1.82) is 0 Å². The smallest absolute Gasteiger partial charge is 0.323 e. The number of hydrogen-bond donors (Lipinski definition) is 3. The van der Waals surface area contributed by atoms with Crippen LogP contribution in [0.3, 0.4) is 0 Å². The largest absolute Gasteiger partial charge is 0.396 e. The highest BCUT2D eigenvalue weighted by Gasteiger charge is 2.05. The van der Waals surface area contributed by atoms with E-state index >= 15 is 0 Å². The molecule has 19 heavy (non-hydrogen) atoms. The molecule has 2 aromatic carbocycles. The third kappa shape index (κ3) is 3.41. The van der Waals surface area contributed by atoms with E-state index in [2.05, 4.69) is 10.6 Å². The summed E-state index contributed by atoms with van der Waals surface area (Å²) in [5, 5.41) is 4.83. The molecule has 0 heterocycles. The first kappa shape index (κ1) is 12.8. The predicted molar refractivity (Wildman–Crippen MR) is 69.9 cm³/mol. The van der Waals surface area contributed by atoms with Crippen LogP contribution in [0.25, 0.3) is 0 Å². The summed E-state index contributed by atoms with van der Waals surface area (Å²) < 4.78 is 26.1. The average Bonchev–Trinajstić information content (AvgIpc) is 2.34. The van der Waals surface area contributed by atoms with Crippen molar-refractivity contribution in [1.82, 2.24) is 0 Å². The molecule has 0 bridgehead atoms. The van der Waals surface area contributed by atoms with Crippen LogP contribution < -0.4 is 16.4 Å². The number of nitrogen functional groups attached to an aromatic ring is 1. The van der Waals surface area contributed by atoms with Crippen LogP contribution in [-0.4, -0.2) is 6.03 Å². The van der Waals surface area contributed by atoms with Gasteiger partial charge in [-0.15, -0.1) is 0 Å². The normalized spacial score (nSPS) is 10.0. The van der Waals surface area contributed by atoms with E-state index in [0.717, 1.165) is 6.07 Å². The monoisotopic (exact) mass is 263 g/mol. The van der Waals surface area contributed by atoms with Gasteiger partial charge in [0.2, 0.25) is 0 Å². The van der Waals surface area contributed by atoms with Crippen molar-refractivity contribution in [3.05, 3.63) is 54.1 Å². The highest BCUT2D eigenvalue weighted by Crippen LogP contribution is 2.16. The lowest BCUT2D eigenvalue weighted by Gasteiger charge is -2.08. The molecular weight excluding hydrogens is 252 g/mol. The summed E-state index contributed by atoms with van der Waals surface area (Å²) in [6.07, 6.45) is 0. The van der Waals surface area contributed by atoms with Gasteiger partial charge >= 0.3 is 6.03 Å². The Hall–Kier alpha value is -2.63. The number of amides is 2. The highest BCUT2D eigenvalue weighted by atomic mass is 19.1. The Morgan fingerprint density at radius 1 is 1.00 bits per heavy atom. The Bertz CT molecular complexity index is 617. The lowest BCUT2D eigenvalue weighted by atomic mass is 10.2. The number of carbonyl (C=O) groups excluding carboxylic acids is 1. The number of rotatable bonds is 2. The second-order valence-corrected chi connectivity index (χ2v) is 3.83. The van der Waals surface area contributed by atoms with Crippen molar-refractivity contribution in [3.63, 3.8) is 0 Å². The minimum Gasteiger partial charge on any atom is -0.396 e. The van der Waals surface area contributed by atoms with Gasteiger partial charge in [-0.05, 0) is 36.4 Å². The van der Waals surface area contributed by atoms with Crippen LogP contribution in [0.1, 0.15) is 0 Å². The van der Waals surface area contributed by atoms with Crippen LogP contribution in [0, 0.1) is 11.6 Å². The van der Waals surface area contributed by atoms with Crippen LogP contribution in [0.5, 0.6) is 0 Å². The van der Waals surface area contributed by atoms with Crippen LogP contribution in [0.4, 0.5) is 30.6 Å². The standard InChI is InChI=1S/C13H11F2N3O/c14-8-2-1-3-9(6-8)17-13(19)18-10-4-5-12(16)11(15)7-10/h1-7H,16H2,(H2,17,18,19). The maximum atomic E-state index is 13.2. The van der Waals surface area contributed by atoms with E-state index < -0.39 is 17.7 Å². The molecule has 0 unspecified atom stereocenters. The minimum atomic E-state index is -0.622. The molecule has 0 radical (unpaired) electrons. The molecule has 2 amide bonds. The number of nitrogens with two attached hydrogens (primary N) is 1. The number of hydrogen-bond acceptors (Lipinski definition) is 2. The second kappa shape index (κ2) is 5.34. The lowest BCUT2D eigenvalue weighted by Crippen LogP contribution is -2.19. The molecule has 0 saturated carbocycles. The predicted octanol–water partition coefficient (Wildman–Crippen LogP) is 3.19. The van der Waals surface area contributed by atoms with Crippen molar-refractivity contribution in [3.8, 4) is 0 Å². The van der Waals surface area contributed by atoms with E-state index in [1.807, 2.05) is 0 Å². The van der Waals surface area contributed by atoms with Gasteiger partial charge in [0.1, 0.15) is 11.6 Å². The number of urea groups is 1. The summed E-state index contributed by atoms with van der Waals surface area (Å²) in [5.41, 5.74) is 5.86. The fourth-order valence-corrected chi connectivity index (χ4v) is 1.46. The maximum Gasteiger partial charge on any atom is 0.323 e. The van der Waals surface area contributed by atoms with Gasteiger partial charge in [-0.2, -0.15) is 0 Å². The molecule has 0 aliphatic heterocycles. The fourth-order valence-electron chi connectivity index (χ4n) is 1.46. The van der Waals surface area contributed by atoms with Gasteiger partial charge in [-0.3, -0.25) is 0 Å². The van der Waals surface area contributed by atoms with E-state index in [1.54, 1.807) is 0 Å². The van der Waals surface area contributed by atoms with Crippen LogP contribution in [0.15, 0.2) is 42.5 Å². The van der Waals surface area contributed by atoms with Crippen molar-refractivity contribution in [2.75, 3.05) is 16.4 Å². The number of halogens is 2. The number of anilines is 3. The Morgan fingerprint density at radius 3 is 2.32 bits per heavy atom. The Balaban J connectivity index is 2.03. The molecule has 0 aromatic heterocycles. The van der Waals surface area contributed by atoms with E-state index in [1.165, 1.54) is 36.4 Å². The molecule has 0 atom stereocenters. The lowest BCUT2D eigenvalue weighted by molar-refractivity contribution is 0.262. The zero-order valence-corrected chi connectivity index (χ0v) is 9.78. The van der Waals surface area contributed by atoms with E-state index in [4.69, 9.17) is 5.73 Å². The summed E-state index contributed by atoms with van der Waals surface area (Å²) in [7, 11) is 0. The number of carbonyl (C=O) groups is 1. The third-order valence-electron chi connectivity index (χ3n) is 2.34. The van der Waals surface area contributed by atoms with Crippen molar-refractivity contribution in [2.45, 2.75) is 0 Å². The van der Waals surface area contributed by atoms with E-state index in [9.17, 15) is 13.6 Å². The summed E-state index contributed by atoms with van der Waals surface area (Å²) >= 11 is 0. The summed E-state index contributed by atoms with van der Waals surface area (Å²) in [4.78, 5) is 11.6. The Kier molecular flexibility index (Phi) is 3.61. The van der Waals surface area contributed by atoms with E-state index in [-0.39, 0.29) is 11.4 Å². The summed E-state index contributed by atoms with van der Waals surface area (Å²) in [5.74, 6) is -1.08. The zero-order chi connectivity index (χ0) is 13.8. The summed E-state index contributed by atoms with van der Waals surface area (Å²) in [6.45, 7) is 0. The molecule has 98 valence electrons. The highest BCUT2D eigenvalue weighted by molar-refractivity contribution is 5.99. The number of nitrogens with one attached hydrogen (secondary N) is 2. The van der Waals surface area contributed by atoms with Crippen LogP contribution in [0.2, 0.25) is 0 Å². The van der Waals surface area contributed by atoms with Crippen molar-refractivity contribution in [2.24, 2.45) is 0 Å². The van der Waals surface area contributed by atoms with Gasteiger partial charge in [-0.1, -0.05) is 6.07 Å². The van der Waals surface area contributed by atoms with Gasteiger partial charge in [0.25, 0.3) is 0 Å². The van der Waals surface area contributed by atoms with Gasteiger partial charge in [-0.25, -0.2) is 13.6 Å². The maximum absolute atomic E-state index is 13.2. The van der Waals surface area contributed by atoms with Gasteiger partial charge in [0.05, 0.1) is 5.69 Å². The van der Waals surface area contributed by atoms with Gasteiger partial charge in [0.15, 0.2) is 0 Å². The Labute approximate surface area is 108 Å². The van der Waals surface area contributed by atoms with Crippen LogP contribution in [-0.2, 0) is 0 Å². The molecule has 4 nitrogen and oxygen atoms in total. The molecule has 0 fully saturated rings. The van der Waals surface area contributed by atoms with Crippen molar-refractivity contribution >= 4 is 23.1 Å². The average molecular weight is 263 g/mol. The quantitative estimate of drug-likeness (QED) is 0.728. The van der Waals surface area contributed by atoms with E-state index in [0.29, 0.717) is 5.69 Å². The molecule has 2 aromatic rings. The molecule has 4 N–H and O–H groups in total. The first-order valence-corrected chi connectivity index (χ1v) is 5.43. The topological polar surface area (TPSA) is 67.1 Å². The SMILES string of the molecule is Nc1ccc(NC(=O)Nc2cccc(F)c2)cc1F. The molecule has 6 heteroatoms. The third-order valence-corrected chi connectivity index (χ3v) is 2.34. The number of benzene rings is 2. The fraction of sp³-hybridized carbons (Fsp3) is 0. The zero-order valence-electron chi connectivity index (χ0n) is 9.78. The Morgan fingerprint density at radius 2 is 1.68 bits per heavy atom. The van der Waals surface area contributed by atoms with Gasteiger partial charge < -0.3 is 16.4 Å². The first-order valence-electron chi connectivity index (χ1n) is 5.43. The molecule has 0 saturated heterocycles. The van der Waals surface area contributed by atoms with Crippen LogP contribution >= 0.6 is 0 Å². The van der Waals surface area contributed by atoms with Gasteiger partial charge in [0, 0.05) is 11.4 Å². The minimum absolute atomic E-state index is 0.00362. The molecular formula is C13H11F2N3O. The first-order chi connectivity index (χ1) is 9.04. The molecule has 0 aliphatic carbocycles. The molecule has 0 aliphatic rings. The summed E-state index contributed by atoms with van der Waals surface area (Å²) in [6, 6.07) is 8.73.